The van der Waals surface area contributed by atoms with Gasteiger partial charge in [0.25, 0.3) is 5.91 Å². The molecule has 0 aromatic heterocycles. The highest BCUT2D eigenvalue weighted by Gasteiger charge is 2.33. The van der Waals surface area contributed by atoms with E-state index in [1.165, 1.54) is 7.11 Å². The third-order valence-corrected chi connectivity index (χ3v) is 4.62. The molecule has 3 N–H and O–H groups in total. The highest BCUT2D eigenvalue weighted by Crippen LogP contribution is 2.35. The maximum atomic E-state index is 13.0. The van der Waals surface area contributed by atoms with Crippen molar-refractivity contribution in [3.63, 3.8) is 0 Å². The van der Waals surface area contributed by atoms with Crippen LogP contribution in [0.4, 0.5) is 10.5 Å². The Bertz CT molecular complexity index is 941. The van der Waals surface area contributed by atoms with Crippen LogP contribution in [0, 0.1) is 0 Å². The zero-order chi connectivity index (χ0) is 20.3. The zero-order valence-electron chi connectivity index (χ0n) is 15.6. The number of anilines is 1. The monoisotopic (exact) mass is 401 g/mol. The van der Waals surface area contributed by atoms with E-state index in [0.717, 1.165) is 0 Å². The minimum atomic E-state index is -0.693. The number of ether oxygens (including phenoxy) is 2. The van der Waals surface area contributed by atoms with E-state index in [2.05, 4.69) is 16.0 Å². The van der Waals surface area contributed by atoms with E-state index in [0.29, 0.717) is 39.0 Å². The Morgan fingerprint density at radius 1 is 1.11 bits per heavy atom. The fraction of sp³-hybridized carbons (Fsp3) is 0.200. The number of urea groups is 1. The molecule has 8 heteroatoms. The SMILES string of the molecule is COc1ccc(C2NC(=O)NC(C)=C2C(=O)Nc2ccc(Cl)cc2)c(OC)c1. The molecule has 3 amide bonds. The van der Waals surface area contributed by atoms with Gasteiger partial charge in [0, 0.05) is 28.0 Å². The summed E-state index contributed by atoms with van der Waals surface area (Å²) in [5.74, 6) is 0.750. The Morgan fingerprint density at radius 3 is 2.46 bits per heavy atom. The fourth-order valence-corrected chi connectivity index (χ4v) is 3.14. The van der Waals surface area contributed by atoms with E-state index in [4.69, 9.17) is 21.1 Å². The van der Waals surface area contributed by atoms with Gasteiger partial charge in [-0.25, -0.2) is 4.79 Å². The second-order valence-corrected chi connectivity index (χ2v) is 6.58. The van der Waals surface area contributed by atoms with Gasteiger partial charge in [-0.2, -0.15) is 0 Å². The largest absolute Gasteiger partial charge is 0.497 e. The number of hydrogen-bond donors (Lipinski definition) is 3. The van der Waals surface area contributed by atoms with Gasteiger partial charge in [0.05, 0.1) is 25.8 Å². The smallest absolute Gasteiger partial charge is 0.319 e. The average molecular weight is 402 g/mol. The molecule has 0 saturated carbocycles. The molecule has 2 aromatic rings. The summed E-state index contributed by atoms with van der Waals surface area (Å²) in [6, 6.07) is 10.9. The molecule has 7 nitrogen and oxygen atoms in total. The number of carbonyl (C=O) groups is 2. The Labute approximate surface area is 167 Å². The van der Waals surface area contributed by atoms with E-state index in [1.807, 2.05) is 0 Å². The molecule has 0 aliphatic carbocycles. The Balaban J connectivity index is 1.99. The molecule has 1 heterocycles. The minimum absolute atomic E-state index is 0.352. The van der Waals surface area contributed by atoms with Crippen LogP contribution in [0.3, 0.4) is 0 Å². The van der Waals surface area contributed by atoms with Gasteiger partial charge in [-0.15, -0.1) is 0 Å². The number of methoxy groups -OCH3 is 2. The predicted molar refractivity (Wildman–Crippen MR) is 107 cm³/mol. The summed E-state index contributed by atoms with van der Waals surface area (Å²) >= 11 is 5.89. The lowest BCUT2D eigenvalue weighted by atomic mass is 9.94. The molecule has 0 radical (unpaired) electrons. The normalized spacial score (nSPS) is 16.1. The molecule has 2 aromatic carbocycles. The van der Waals surface area contributed by atoms with Crippen LogP contribution < -0.4 is 25.4 Å². The predicted octanol–water partition coefficient (Wildman–Crippen LogP) is 3.62. The van der Waals surface area contributed by atoms with Crippen molar-refractivity contribution in [3.05, 3.63) is 64.3 Å². The summed E-state index contributed by atoms with van der Waals surface area (Å²) in [6.45, 7) is 1.68. The Morgan fingerprint density at radius 2 is 1.82 bits per heavy atom. The molecule has 28 heavy (non-hydrogen) atoms. The molecule has 0 spiro atoms. The lowest BCUT2D eigenvalue weighted by Gasteiger charge is -2.29. The number of amides is 3. The molecular formula is C20H20ClN3O4. The first-order chi connectivity index (χ1) is 13.4. The van der Waals surface area contributed by atoms with Crippen molar-refractivity contribution in [2.75, 3.05) is 19.5 Å². The summed E-state index contributed by atoms with van der Waals surface area (Å²) in [6.07, 6.45) is 0. The van der Waals surface area contributed by atoms with Crippen molar-refractivity contribution in [1.29, 1.82) is 0 Å². The quantitative estimate of drug-likeness (QED) is 0.713. The summed E-state index contributed by atoms with van der Waals surface area (Å²) in [5.41, 5.74) is 2.06. The third kappa shape index (κ3) is 4.04. The van der Waals surface area contributed by atoms with Gasteiger partial charge in [0.1, 0.15) is 11.5 Å². The lowest BCUT2D eigenvalue weighted by molar-refractivity contribution is -0.113. The topological polar surface area (TPSA) is 88.7 Å². The molecule has 0 bridgehead atoms. The molecule has 1 aliphatic heterocycles. The van der Waals surface area contributed by atoms with Gasteiger partial charge in [0.2, 0.25) is 0 Å². The van der Waals surface area contributed by atoms with Gasteiger partial charge >= 0.3 is 6.03 Å². The van der Waals surface area contributed by atoms with E-state index >= 15 is 0 Å². The van der Waals surface area contributed by atoms with E-state index in [1.54, 1.807) is 56.5 Å². The van der Waals surface area contributed by atoms with Crippen molar-refractivity contribution < 1.29 is 19.1 Å². The lowest BCUT2D eigenvalue weighted by Crippen LogP contribution is -2.46. The number of rotatable bonds is 5. The highest BCUT2D eigenvalue weighted by atomic mass is 35.5. The fourth-order valence-electron chi connectivity index (χ4n) is 3.02. The summed E-state index contributed by atoms with van der Waals surface area (Å²) in [4.78, 5) is 25.1. The van der Waals surface area contributed by atoms with Crippen LogP contribution in [0.15, 0.2) is 53.7 Å². The van der Waals surface area contributed by atoms with Crippen molar-refractivity contribution >= 4 is 29.2 Å². The highest BCUT2D eigenvalue weighted by molar-refractivity contribution is 6.30. The van der Waals surface area contributed by atoms with Crippen molar-refractivity contribution in [2.45, 2.75) is 13.0 Å². The van der Waals surface area contributed by atoms with Gasteiger partial charge < -0.3 is 25.4 Å². The summed E-state index contributed by atoms with van der Waals surface area (Å²) in [7, 11) is 3.07. The van der Waals surface area contributed by atoms with Crippen molar-refractivity contribution in [1.82, 2.24) is 10.6 Å². The number of hydrogen-bond acceptors (Lipinski definition) is 4. The molecule has 146 valence electrons. The Kier molecular flexibility index (Phi) is 5.75. The van der Waals surface area contributed by atoms with Crippen LogP contribution in [0.5, 0.6) is 11.5 Å². The van der Waals surface area contributed by atoms with Crippen LogP contribution in [0.2, 0.25) is 5.02 Å². The molecule has 1 atom stereocenters. The number of nitrogens with one attached hydrogen (secondary N) is 3. The third-order valence-electron chi connectivity index (χ3n) is 4.37. The molecule has 3 rings (SSSR count). The second-order valence-electron chi connectivity index (χ2n) is 6.14. The van der Waals surface area contributed by atoms with Crippen LogP contribution in [-0.4, -0.2) is 26.2 Å². The van der Waals surface area contributed by atoms with Crippen LogP contribution in [0.25, 0.3) is 0 Å². The van der Waals surface area contributed by atoms with Gasteiger partial charge in [-0.3, -0.25) is 4.79 Å². The molecule has 1 aliphatic rings. The zero-order valence-corrected chi connectivity index (χ0v) is 16.4. The Hall–Kier alpha value is -3.19. The van der Waals surface area contributed by atoms with Crippen molar-refractivity contribution in [3.8, 4) is 11.5 Å². The average Bonchev–Trinajstić information content (AvgIpc) is 2.68. The second kappa shape index (κ2) is 8.22. The van der Waals surface area contributed by atoms with Crippen molar-refractivity contribution in [2.24, 2.45) is 0 Å². The first kappa shape index (κ1) is 19.6. The van der Waals surface area contributed by atoms with E-state index in [-0.39, 0.29) is 5.91 Å². The molecule has 0 fully saturated rings. The molecule has 0 saturated heterocycles. The maximum absolute atomic E-state index is 13.0. The van der Waals surface area contributed by atoms with Gasteiger partial charge in [-0.1, -0.05) is 11.6 Å². The van der Waals surface area contributed by atoms with Crippen LogP contribution in [0.1, 0.15) is 18.5 Å². The standard InChI is InChI=1S/C20H20ClN3O4/c1-11-17(19(25)23-13-6-4-12(21)5-7-13)18(24-20(26)22-11)15-9-8-14(27-2)10-16(15)28-3/h4-10,18H,1-3H3,(H,23,25)(H2,22,24,26). The molecular weight excluding hydrogens is 382 g/mol. The minimum Gasteiger partial charge on any atom is -0.497 e. The first-order valence-corrected chi connectivity index (χ1v) is 8.88. The van der Waals surface area contributed by atoms with Crippen LogP contribution in [-0.2, 0) is 4.79 Å². The number of allylic oxidation sites excluding steroid dienone is 1. The first-order valence-electron chi connectivity index (χ1n) is 8.50. The number of carbonyl (C=O) groups excluding carboxylic acids is 2. The number of benzene rings is 2. The number of halogens is 1. The summed E-state index contributed by atoms with van der Waals surface area (Å²) < 4.78 is 10.7. The van der Waals surface area contributed by atoms with E-state index in [9.17, 15) is 9.59 Å². The van der Waals surface area contributed by atoms with E-state index < -0.39 is 12.1 Å². The van der Waals surface area contributed by atoms with Gasteiger partial charge in [0.15, 0.2) is 0 Å². The van der Waals surface area contributed by atoms with Crippen LogP contribution >= 0.6 is 11.6 Å². The molecule has 1 unspecified atom stereocenters. The van der Waals surface area contributed by atoms with Gasteiger partial charge in [-0.05, 0) is 43.3 Å². The summed E-state index contributed by atoms with van der Waals surface area (Å²) in [5, 5.41) is 8.84. The maximum Gasteiger partial charge on any atom is 0.319 e.